The summed E-state index contributed by atoms with van der Waals surface area (Å²) in [4.78, 5) is 13.1. The number of rotatable bonds is 4. The maximum absolute atomic E-state index is 11.8. The number of phenolic OH excluding ortho intramolecular Hbond substituents is 1. The number of hydrogen-bond acceptors (Lipinski definition) is 4. The second-order valence-corrected chi connectivity index (χ2v) is 3.72. The van der Waals surface area contributed by atoms with Crippen molar-refractivity contribution in [3.8, 4) is 11.8 Å². The molecule has 0 spiro atoms. The highest BCUT2D eigenvalue weighted by molar-refractivity contribution is 6.01. The summed E-state index contributed by atoms with van der Waals surface area (Å²) in [6.45, 7) is 0.00493. The largest absolute Gasteiger partial charge is 0.508 e. The van der Waals surface area contributed by atoms with E-state index in [0.717, 1.165) is 0 Å². The molecule has 0 atom stereocenters. The van der Waals surface area contributed by atoms with Crippen molar-refractivity contribution in [2.75, 3.05) is 20.2 Å². The van der Waals surface area contributed by atoms with Crippen LogP contribution >= 0.6 is 0 Å². The van der Waals surface area contributed by atoms with Gasteiger partial charge in [0.25, 0.3) is 5.91 Å². The molecule has 1 aromatic carbocycles. The molecule has 0 saturated carbocycles. The first-order chi connectivity index (χ1) is 8.58. The van der Waals surface area contributed by atoms with Gasteiger partial charge < -0.3 is 15.1 Å². The maximum Gasteiger partial charge on any atom is 0.264 e. The van der Waals surface area contributed by atoms with Crippen molar-refractivity contribution in [2.45, 2.75) is 0 Å². The smallest absolute Gasteiger partial charge is 0.264 e. The van der Waals surface area contributed by atoms with Gasteiger partial charge in [-0.2, -0.15) is 5.26 Å². The van der Waals surface area contributed by atoms with Crippen LogP contribution in [0.15, 0.2) is 29.8 Å². The maximum atomic E-state index is 11.8. The summed E-state index contributed by atoms with van der Waals surface area (Å²) in [6.07, 6.45) is 1.40. The lowest BCUT2D eigenvalue weighted by molar-refractivity contribution is -0.125. The van der Waals surface area contributed by atoms with E-state index in [1.807, 2.05) is 6.07 Å². The number of carbonyl (C=O) groups excluding carboxylic acids is 1. The van der Waals surface area contributed by atoms with Gasteiger partial charge in [0.2, 0.25) is 0 Å². The Hall–Kier alpha value is -2.32. The van der Waals surface area contributed by atoms with Gasteiger partial charge in [-0.15, -0.1) is 0 Å². The number of phenols is 1. The minimum atomic E-state index is -0.463. The fourth-order valence-electron chi connectivity index (χ4n) is 1.38. The van der Waals surface area contributed by atoms with E-state index in [1.165, 1.54) is 30.2 Å². The zero-order valence-electron chi connectivity index (χ0n) is 10.00. The lowest BCUT2D eigenvalue weighted by atomic mass is 10.1. The van der Waals surface area contributed by atoms with Crippen LogP contribution in [-0.4, -0.2) is 41.2 Å². The summed E-state index contributed by atoms with van der Waals surface area (Å²) in [6, 6.07) is 8.07. The molecule has 2 N–H and O–H groups in total. The molecule has 1 aromatic rings. The Bertz CT molecular complexity index is 503. The molecule has 0 saturated heterocycles. The standard InChI is InChI=1S/C13H14N2O3/c1-15(5-6-16)13(18)11(9-14)7-10-3-2-4-12(17)8-10/h2-4,7-8,16-17H,5-6H2,1H3/b11-7+. The molecule has 0 aliphatic rings. The first kappa shape index (κ1) is 13.7. The second-order valence-electron chi connectivity index (χ2n) is 3.72. The second kappa shape index (κ2) is 6.42. The number of nitriles is 1. The lowest BCUT2D eigenvalue weighted by Crippen LogP contribution is -2.30. The summed E-state index contributed by atoms with van der Waals surface area (Å²) in [5, 5.41) is 27.0. The predicted molar refractivity (Wildman–Crippen MR) is 66.4 cm³/mol. The van der Waals surface area contributed by atoms with E-state index in [-0.39, 0.29) is 24.5 Å². The molecule has 0 aromatic heterocycles. The number of hydrogen-bond donors (Lipinski definition) is 2. The zero-order valence-corrected chi connectivity index (χ0v) is 10.00. The number of aromatic hydroxyl groups is 1. The average Bonchev–Trinajstić information content (AvgIpc) is 2.35. The molecule has 0 fully saturated rings. The Labute approximate surface area is 105 Å². The van der Waals surface area contributed by atoms with Crippen LogP contribution in [0.5, 0.6) is 5.75 Å². The molecule has 18 heavy (non-hydrogen) atoms. The van der Waals surface area contributed by atoms with Crippen LogP contribution < -0.4 is 0 Å². The van der Waals surface area contributed by atoms with Crippen LogP contribution in [0, 0.1) is 11.3 Å². The third kappa shape index (κ3) is 3.61. The van der Waals surface area contributed by atoms with Crippen molar-refractivity contribution in [3.63, 3.8) is 0 Å². The molecule has 1 rings (SSSR count). The summed E-state index contributed by atoms with van der Waals surface area (Å²) >= 11 is 0. The van der Waals surface area contributed by atoms with Crippen LogP contribution in [-0.2, 0) is 4.79 Å². The topological polar surface area (TPSA) is 84.6 Å². The van der Waals surface area contributed by atoms with Crippen molar-refractivity contribution in [2.24, 2.45) is 0 Å². The molecule has 0 radical (unpaired) electrons. The molecule has 0 aliphatic carbocycles. The van der Waals surface area contributed by atoms with Gasteiger partial charge in [0.05, 0.1) is 6.61 Å². The molecule has 5 nitrogen and oxygen atoms in total. The highest BCUT2D eigenvalue weighted by Crippen LogP contribution is 2.14. The SMILES string of the molecule is CN(CCO)C(=O)/C(C#N)=C/c1cccc(O)c1. The quantitative estimate of drug-likeness (QED) is 0.606. The molecule has 0 aliphatic heterocycles. The van der Waals surface area contributed by atoms with E-state index in [0.29, 0.717) is 5.56 Å². The molecule has 94 valence electrons. The van der Waals surface area contributed by atoms with Gasteiger partial charge in [-0.25, -0.2) is 0 Å². The van der Waals surface area contributed by atoms with Crippen molar-refractivity contribution in [3.05, 3.63) is 35.4 Å². The number of likely N-dealkylation sites (N-methyl/N-ethyl adjacent to an activating group) is 1. The van der Waals surface area contributed by atoms with Gasteiger partial charge in [0.1, 0.15) is 17.4 Å². The Balaban J connectivity index is 2.97. The van der Waals surface area contributed by atoms with Gasteiger partial charge >= 0.3 is 0 Å². The van der Waals surface area contributed by atoms with E-state index in [4.69, 9.17) is 10.4 Å². The Kier molecular flexibility index (Phi) is 4.90. The van der Waals surface area contributed by atoms with E-state index < -0.39 is 5.91 Å². The normalized spacial score (nSPS) is 10.8. The van der Waals surface area contributed by atoms with E-state index in [1.54, 1.807) is 12.1 Å². The monoisotopic (exact) mass is 246 g/mol. The van der Waals surface area contributed by atoms with Gasteiger partial charge in [-0.05, 0) is 23.8 Å². The number of aliphatic hydroxyl groups is 1. The number of nitrogens with zero attached hydrogens (tertiary/aromatic N) is 2. The van der Waals surface area contributed by atoms with E-state index in [2.05, 4.69) is 0 Å². The predicted octanol–water partition coefficient (Wildman–Crippen LogP) is 0.750. The Morgan fingerprint density at radius 2 is 2.28 bits per heavy atom. The number of carbonyl (C=O) groups is 1. The van der Waals surface area contributed by atoms with E-state index >= 15 is 0 Å². The molecule has 0 bridgehead atoms. The van der Waals surface area contributed by atoms with Crippen LogP contribution in [0.25, 0.3) is 6.08 Å². The minimum Gasteiger partial charge on any atom is -0.508 e. The minimum absolute atomic E-state index is 0.0449. The summed E-state index contributed by atoms with van der Waals surface area (Å²) < 4.78 is 0. The van der Waals surface area contributed by atoms with Gasteiger partial charge in [-0.3, -0.25) is 4.79 Å². The lowest BCUT2D eigenvalue weighted by Gasteiger charge is -2.14. The Morgan fingerprint density at radius 1 is 1.56 bits per heavy atom. The third-order valence-electron chi connectivity index (χ3n) is 2.31. The number of benzene rings is 1. The van der Waals surface area contributed by atoms with Gasteiger partial charge in [-0.1, -0.05) is 12.1 Å². The summed E-state index contributed by atoms with van der Waals surface area (Å²) in [7, 11) is 1.51. The molecular formula is C13H14N2O3. The first-order valence-electron chi connectivity index (χ1n) is 5.35. The van der Waals surface area contributed by atoms with Crippen LogP contribution in [0.3, 0.4) is 0 Å². The third-order valence-corrected chi connectivity index (χ3v) is 2.31. The van der Waals surface area contributed by atoms with Gasteiger partial charge in [0.15, 0.2) is 0 Å². The van der Waals surface area contributed by atoms with Crippen LogP contribution in [0.2, 0.25) is 0 Å². The molecule has 0 heterocycles. The number of amides is 1. The summed E-state index contributed by atoms with van der Waals surface area (Å²) in [5.74, 6) is -0.396. The average molecular weight is 246 g/mol. The van der Waals surface area contributed by atoms with Crippen molar-refractivity contribution >= 4 is 12.0 Å². The van der Waals surface area contributed by atoms with Crippen LogP contribution in [0.4, 0.5) is 0 Å². The first-order valence-corrected chi connectivity index (χ1v) is 5.35. The fraction of sp³-hybridized carbons (Fsp3) is 0.231. The highest BCUT2D eigenvalue weighted by atomic mass is 16.3. The zero-order chi connectivity index (χ0) is 13.5. The molecule has 5 heteroatoms. The molecule has 1 amide bonds. The Morgan fingerprint density at radius 3 is 2.83 bits per heavy atom. The van der Waals surface area contributed by atoms with E-state index in [9.17, 15) is 9.90 Å². The fourth-order valence-corrected chi connectivity index (χ4v) is 1.38. The summed E-state index contributed by atoms with van der Waals surface area (Å²) in [5.41, 5.74) is 0.522. The van der Waals surface area contributed by atoms with Crippen molar-refractivity contribution < 1.29 is 15.0 Å². The van der Waals surface area contributed by atoms with Crippen LogP contribution in [0.1, 0.15) is 5.56 Å². The van der Waals surface area contributed by atoms with Gasteiger partial charge in [0, 0.05) is 13.6 Å². The molecule has 0 unspecified atom stereocenters. The number of aliphatic hydroxyl groups excluding tert-OH is 1. The highest BCUT2D eigenvalue weighted by Gasteiger charge is 2.13. The van der Waals surface area contributed by atoms with Crippen molar-refractivity contribution in [1.82, 2.24) is 4.90 Å². The van der Waals surface area contributed by atoms with Crippen molar-refractivity contribution in [1.29, 1.82) is 5.26 Å². The molecular weight excluding hydrogens is 232 g/mol.